The second-order valence-electron chi connectivity index (χ2n) is 6.36. The molecular weight excluding hydrogens is 364 g/mol. The van der Waals surface area contributed by atoms with Crippen molar-refractivity contribution < 1.29 is 4.79 Å². The minimum Gasteiger partial charge on any atom is -0.353 e. The number of carbonyl (C=O) groups excluding carboxylic acids is 1. The first-order valence-electron chi connectivity index (χ1n) is 8.78. The fourth-order valence-corrected chi connectivity index (χ4v) is 3.24. The fourth-order valence-electron chi connectivity index (χ4n) is 3.11. The first-order valence-corrected chi connectivity index (χ1v) is 9.16. The van der Waals surface area contributed by atoms with E-state index in [2.05, 4.69) is 20.0 Å². The first kappa shape index (κ1) is 17.5. The van der Waals surface area contributed by atoms with Crippen LogP contribution in [0.4, 0.5) is 5.82 Å². The molecule has 3 aromatic rings. The Kier molecular flexibility index (Phi) is 5.02. The van der Waals surface area contributed by atoms with E-state index >= 15 is 0 Å². The number of nitrogens with zero attached hydrogens (tertiary/aromatic N) is 6. The summed E-state index contributed by atoms with van der Waals surface area (Å²) in [7, 11) is 0. The molecule has 0 spiro atoms. The maximum absolute atomic E-state index is 12.5. The molecule has 138 valence electrons. The molecule has 2 aromatic heterocycles. The second-order valence-corrected chi connectivity index (χ2v) is 6.79. The third kappa shape index (κ3) is 4.09. The summed E-state index contributed by atoms with van der Waals surface area (Å²) >= 11 is 5.90. The number of amides is 1. The zero-order valence-corrected chi connectivity index (χ0v) is 15.5. The number of hydrogen-bond acceptors (Lipinski definition) is 5. The van der Waals surface area contributed by atoms with Crippen molar-refractivity contribution in [2.75, 3.05) is 31.1 Å². The predicted octanol–water partition coefficient (Wildman–Crippen LogP) is 2.21. The van der Waals surface area contributed by atoms with Crippen LogP contribution >= 0.6 is 11.6 Å². The molecule has 0 radical (unpaired) electrons. The molecule has 8 heteroatoms. The Morgan fingerprint density at radius 1 is 1.04 bits per heavy atom. The van der Waals surface area contributed by atoms with E-state index in [4.69, 9.17) is 11.6 Å². The minimum absolute atomic E-state index is 0.136. The first-order chi connectivity index (χ1) is 13.2. The number of carbonyl (C=O) groups is 1. The fraction of sp³-hybridized carbons (Fsp3) is 0.263. The smallest absolute Gasteiger partial charge is 0.227 e. The van der Waals surface area contributed by atoms with Crippen molar-refractivity contribution >= 4 is 23.3 Å². The van der Waals surface area contributed by atoms with E-state index in [9.17, 15) is 4.79 Å². The van der Waals surface area contributed by atoms with Crippen LogP contribution in [0.1, 0.15) is 5.56 Å². The molecule has 1 aliphatic rings. The van der Waals surface area contributed by atoms with Gasteiger partial charge in [-0.2, -0.15) is 5.10 Å². The van der Waals surface area contributed by atoms with Gasteiger partial charge < -0.3 is 9.80 Å². The molecule has 0 aliphatic carbocycles. The van der Waals surface area contributed by atoms with Crippen LogP contribution in [0.3, 0.4) is 0 Å². The van der Waals surface area contributed by atoms with E-state index in [1.54, 1.807) is 17.2 Å². The summed E-state index contributed by atoms with van der Waals surface area (Å²) in [6, 6.07) is 11.2. The number of benzene rings is 1. The van der Waals surface area contributed by atoms with Gasteiger partial charge >= 0.3 is 0 Å². The Morgan fingerprint density at radius 2 is 1.78 bits per heavy atom. The highest BCUT2D eigenvalue weighted by Gasteiger charge is 2.22. The van der Waals surface area contributed by atoms with Crippen molar-refractivity contribution in [2.45, 2.75) is 6.42 Å². The summed E-state index contributed by atoms with van der Waals surface area (Å²) in [5, 5.41) is 4.88. The average Bonchev–Trinajstić information content (AvgIpc) is 3.25. The predicted molar refractivity (Wildman–Crippen MR) is 103 cm³/mol. The molecule has 1 aliphatic heterocycles. The Bertz CT molecular complexity index is 904. The van der Waals surface area contributed by atoms with Crippen molar-refractivity contribution in [3.8, 4) is 5.82 Å². The lowest BCUT2D eigenvalue weighted by Gasteiger charge is -2.35. The molecule has 3 heterocycles. The third-order valence-corrected chi connectivity index (χ3v) is 4.85. The van der Waals surface area contributed by atoms with Crippen LogP contribution in [-0.2, 0) is 11.2 Å². The second kappa shape index (κ2) is 7.75. The van der Waals surface area contributed by atoms with Gasteiger partial charge in [-0.05, 0) is 23.8 Å². The minimum atomic E-state index is 0.136. The third-order valence-electron chi connectivity index (χ3n) is 4.60. The van der Waals surface area contributed by atoms with Crippen LogP contribution in [0, 0.1) is 0 Å². The van der Waals surface area contributed by atoms with Gasteiger partial charge in [-0.3, -0.25) is 4.79 Å². The van der Waals surface area contributed by atoms with Crippen LogP contribution in [0.5, 0.6) is 0 Å². The Balaban J connectivity index is 1.37. The van der Waals surface area contributed by atoms with Gasteiger partial charge in [0.15, 0.2) is 5.82 Å². The highest BCUT2D eigenvalue weighted by Crippen LogP contribution is 2.17. The number of piperazine rings is 1. The van der Waals surface area contributed by atoms with E-state index in [1.165, 1.54) is 0 Å². The van der Waals surface area contributed by atoms with E-state index in [1.807, 2.05) is 47.5 Å². The highest BCUT2D eigenvalue weighted by atomic mass is 35.5. The maximum Gasteiger partial charge on any atom is 0.227 e. The van der Waals surface area contributed by atoms with Gasteiger partial charge in [-0.15, -0.1) is 0 Å². The van der Waals surface area contributed by atoms with E-state index in [-0.39, 0.29) is 5.91 Å². The number of anilines is 1. The molecule has 4 rings (SSSR count). The van der Waals surface area contributed by atoms with E-state index in [0.29, 0.717) is 24.5 Å². The van der Waals surface area contributed by atoms with Crippen LogP contribution in [-0.4, -0.2) is 56.7 Å². The molecular formula is C19H19ClN6O. The maximum atomic E-state index is 12.5. The van der Waals surface area contributed by atoms with Crippen LogP contribution in [0.2, 0.25) is 5.02 Å². The van der Waals surface area contributed by atoms with Gasteiger partial charge in [-0.1, -0.05) is 23.7 Å². The molecule has 0 unspecified atom stereocenters. The van der Waals surface area contributed by atoms with Crippen LogP contribution in [0.25, 0.3) is 5.82 Å². The van der Waals surface area contributed by atoms with Crippen molar-refractivity contribution in [1.82, 2.24) is 24.6 Å². The van der Waals surface area contributed by atoms with Crippen LogP contribution in [0.15, 0.2) is 55.1 Å². The molecule has 1 amide bonds. The van der Waals surface area contributed by atoms with Crippen molar-refractivity contribution in [3.63, 3.8) is 0 Å². The molecule has 27 heavy (non-hydrogen) atoms. The van der Waals surface area contributed by atoms with Crippen LogP contribution < -0.4 is 4.90 Å². The monoisotopic (exact) mass is 382 g/mol. The normalized spacial score (nSPS) is 14.4. The van der Waals surface area contributed by atoms with E-state index < -0.39 is 0 Å². The summed E-state index contributed by atoms with van der Waals surface area (Å²) in [5.74, 6) is 1.71. The molecule has 1 fully saturated rings. The Morgan fingerprint density at radius 3 is 2.48 bits per heavy atom. The number of rotatable bonds is 4. The molecule has 1 aromatic carbocycles. The van der Waals surface area contributed by atoms with Crippen molar-refractivity contribution in [2.24, 2.45) is 0 Å². The average molecular weight is 383 g/mol. The number of aromatic nitrogens is 4. The summed E-state index contributed by atoms with van der Waals surface area (Å²) in [4.78, 5) is 25.3. The summed E-state index contributed by atoms with van der Waals surface area (Å²) in [6.07, 6.45) is 5.50. The molecule has 0 bridgehead atoms. The highest BCUT2D eigenvalue weighted by molar-refractivity contribution is 6.30. The summed E-state index contributed by atoms with van der Waals surface area (Å²) in [6.45, 7) is 2.82. The van der Waals surface area contributed by atoms with Gasteiger partial charge in [0.1, 0.15) is 12.1 Å². The molecule has 7 nitrogen and oxygen atoms in total. The van der Waals surface area contributed by atoms with Gasteiger partial charge in [0, 0.05) is 49.7 Å². The van der Waals surface area contributed by atoms with Gasteiger partial charge in [-0.25, -0.2) is 14.6 Å². The SMILES string of the molecule is O=C(Cc1ccc(Cl)cc1)N1CCN(c2cc(-n3cccn3)ncn2)CC1. The Labute approximate surface area is 162 Å². The number of halogens is 1. The lowest BCUT2D eigenvalue weighted by atomic mass is 10.1. The van der Waals surface area contributed by atoms with Gasteiger partial charge in [0.25, 0.3) is 0 Å². The molecule has 0 atom stereocenters. The Hall–Kier alpha value is -2.93. The summed E-state index contributed by atoms with van der Waals surface area (Å²) in [5.41, 5.74) is 0.978. The van der Waals surface area contributed by atoms with Gasteiger partial charge in [0.05, 0.1) is 6.42 Å². The quantitative estimate of drug-likeness (QED) is 0.692. The molecule has 1 saturated heterocycles. The van der Waals surface area contributed by atoms with E-state index in [0.717, 1.165) is 30.3 Å². The lowest BCUT2D eigenvalue weighted by molar-refractivity contribution is -0.130. The zero-order valence-electron chi connectivity index (χ0n) is 14.7. The van der Waals surface area contributed by atoms with Crippen molar-refractivity contribution in [1.29, 1.82) is 0 Å². The molecule has 0 N–H and O–H groups in total. The standard InChI is InChI=1S/C19H19ClN6O/c20-16-4-2-15(3-5-16)12-19(27)25-10-8-24(9-11-25)17-13-18(22-14-21-17)26-7-1-6-23-26/h1-7,13-14H,8-12H2. The zero-order chi connectivity index (χ0) is 18.6. The van der Waals surface area contributed by atoms with Gasteiger partial charge in [0.2, 0.25) is 5.91 Å². The topological polar surface area (TPSA) is 67.2 Å². The largest absolute Gasteiger partial charge is 0.353 e. The lowest BCUT2D eigenvalue weighted by Crippen LogP contribution is -2.49. The van der Waals surface area contributed by atoms with Crippen molar-refractivity contribution in [3.05, 3.63) is 65.7 Å². The summed E-state index contributed by atoms with van der Waals surface area (Å²) < 4.78 is 1.71. The number of hydrogen-bond donors (Lipinski definition) is 0. The molecule has 0 saturated carbocycles.